The number of ether oxygens (including phenoxy) is 2. The highest BCUT2D eigenvalue weighted by molar-refractivity contribution is 5.90. The van der Waals surface area contributed by atoms with E-state index in [1.165, 1.54) is 17.9 Å². The minimum absolute atomic E-state index is 0.0347. The fourth-order valence-corrected chi connectivity index (χ4v) is 5.29. The minimum Gasteiger partial charge on any atom is -0.456 e. The molecule has 2 saturated heterocycles. The molecular weight excluding hydrogens is 615 g/mol. The van der Waals surface area contributed by atoms with Gasteiger partial charge in [-0.15, -0.1) is 0 Å². The number of carbonyl (C=O) groups excluding carboxylic acids is 4. The van der Waals surface area contributed by atoms with Crippen LogP contribution >= 0.6 is 0 Å². The number of carbonyl (C=O) groups is 4. The molecule has 0 radical (unpaired) electrons. The summed E-state index contributed by atoms with van der Waals surface area (Å²) in [4.78, 5) is 53.6. The Labute approximate surface area is 269 Å². The van der Waals surface area contributed by atoms with Gasteiger partial charge in [-0.3, -0.25) is 24.7 Å². The Morgan fingerprint density at radius 1 is 1.09 bits per heavy atom. The third-order valence-electron chi connectivity index (χ3n) is 7.62. The Bertz CT molecular complexity index is 1620. The van der Waals surface area contributed by atoms with Gasteiger partial charge in [0.15, 0.2) is 12.4 Å². The molecule has 1 aromatic heterocycles. The van der Waals surface area contributed by atoms with E-state index in [2.05, 4.69) is 15.8 Å². The third kappa shape index (κ3) is 9.07. The van der Waals surface area contributed by atoms with Crippen molar-refractivity contribution in [2.75, 3.05) is 60.9 Å². The van der Waals surface area contributed by atoms with Gasteiger partial charge >= 0.3 is 12.2 Å². The van der Waals surface area contributed by atoms with Crippen molar-refractivity contribution in [1.82, 2.24) is 10.2 Å². The van der Waals surface area contributed by atoms with Crippen molar-refractivity contribution < 1.29 is 42.7 Å². The largest absolute Gasteiger partial charge is 0.456 e. The zero-order valence-corrected chi connectivity index (χ0v) is 25.7. The van der Waals surface area contributed by atoms with Crippen molar-refractivity contribution >= 4 is 47.2 Å². The number of nitrogens with zero attached hydrogens (tertiary/aromatic N) is 4. The highest BCUT2D eigenvalue weighted by Crippen LogP contribution is 2.28. The molecule has 14 nitrogen and oxygen atoms in total. The van der Waals surface area contributed by atoms with Crippen LogP contribution in [0, 0.1) is 5.82 Å². The summed E-state index contributed by atoms with van der Waals surface area (Å²) in [6, 6.07) is 14.7. The van der Waals surface area contributed by atoms with Crippen LogP contribution in [-0.4, -0.2) is 92.1 Å². The van der Waals surface area contributed by atoms with Gasteiger partial charge in [-0.05, 0) is 48.0 Å². The first-order chi connectivity index (χ1) is 22.7. The lowest BCUT2D eigenvalue weighted by Gasteiger charge is -2.36. The Balaban J connectivity index is 1.03. The van der Waals surface area contributed by atoms with Crippen LogP contribution in [0.5, 0.6) is 0 Å². The molecule has 2 aliphatic heterocycles. The average Bonchev–Trinajstić information content (AvgIpc) is 3.66. The van der Waals surface area contributed by atoms with Gasteiger partial charge in [0.25, 0.3) is 0 Å². The zero-order chi connectivity index (χ0) is 33.3. The van der Waals surface area contributed by atoms with Crippen LogP contribution in [0.1, 0.15) is 24.0 Å². The summed E-state index contributed by atoms with van der Waals surface area (Å²) in [5, 5.41) is 16.6. The number of hydrogen-bond acceptors (Lipinski definition) is 11. The number of amides is 3. The summed E-state index contributed by atoms with van der Waals surface area (Å²) in [6.07, 6.45) is -0.439. The van der Waals surface area contributed by atoms with E-state index in [4.69, 9.17) is 19.1 Å². The van der Waals surface area contributed by atoms with Gasteiger partial charge in [0, 0.05) is 45.2 Å². The van der Waals surface area contributed by atoms with Gasteiger partial charge in [0.05, 0.1) is 31.0 Å². The molecular formula is C32H35FN6O8. The molecule has 0 unspecified atom stereocenters. The number of hydrogen-bond donors (Lipinski definition) is 3. The van der Waals surface area contributed by atoms with E-state index in [1.807, 2.05) is 9.80 Å². The number of anilines is 3. The van der Waals surface area contributed by atoms with Crippen LogP contribution in [0.2, 0.25) is 0 Å². The molecule has 1 atom stereocenters. The minimum atomic E-state index is -0.678. The van der Waals surface area contributed by atoms with E-state index < -0.39 is 24.1 Å². The molecule has 0 saturated carbocycles. The van der Waals surface area contributed by atoms with Crippen molar-refractivity contribution in [2.24, 2.45) is 5.16 Å². The lowest BCUT2D eigenvalue weighted by Crippen LogP contribution is -2.48. The van der Waals surface area contributed by atoms with Crippen molar-refractivity contribution in [2.45, 2.75) is 26.1 Å². The van der Waals surface area contributed by atoms with Crippen LogP contribution in [0.4, 0.5) is 31.0 Å². The normalized spacial score (nSPS) is 16.7. The average molecular weight is 651 g/mol. The summed E-state index contributed by atoms with van der Waals surface area (Å²) < 4.78 is 30.9. The van der Waals surface area contributed by atoms with Crippen molar-refractivity contribution in [3.8, 4) is 0 Å². The quantitative estimate of drug-likeness (QED) is 0.150. The predicted molar refractivity (Wildman–Crippen MR) is 168 cm³/mol. The first-order valence-corrected chi connectivity index (χ1v) is 15.0. The molecule has 3 aromatic rings. The van der Waals surface area contributed by atoms with Gasteiger partial charge in [-0.1, -0.05) is 17.3 Å². The molecule has 3 heterocycles. The molecule has 248 valence electrons. The summed E-state index contributed by atoms with van der Waals surface area (Å²) in [5.41, 5.74) is 2.10. The molecule has 3 amide bonds. The van der Waals surface area contributed by atoms with Gasteiger partial charge < -0.3 is 29.3 Å². The summed E-state index contributed by atoms with van der Waals surface area (Å²) >= 11 is 0. The summed E-state index contributed by atoms with van der Waals surface area (Å²) in [6.45, 7) is 4.15. The van der Waals surface area contributed by atoms with Crippen molar-refractivity contribution in [1.29, 1.82) is 0 Å². The number of benzene rings is 2. The van der Waals surface area contributed by atoms with E-state index in [0.717, 1.165) is 11.8 Å². The Kier molecular flexibility index (Phi) is 10.7. The predicted octanol–water partition coefficient (Wildman–Crippen LogP) is 3.37. The number of cyclic esters (lactones) is 1. The fraction of sp³-hybridized carbons (Fsp3) is 0.344. The van der Waals surface area contributed by atoms with Crippen molar-refractivity contribution in [3.05, 3.63) is 77.5 Å². The highest BCUT2D eigenvalue weighted by atomic mass is 19.1. The molecule has 0 spiro atoms. The zero-order valence-electron chi connectivity index (χ0n) is 25.7. The van der Waals surface area contributed by atoms with Crippen LogP contribution in [0.15, 0.2) is 64.2 Å². The fourth-order valence-electron chi connectivity index (χ4n) is 5.29. The first-order valence-electron chi connectivity index (χ1n) is 15.0. The van der Waals surface area contributed by atoms with Gasteiger partial charge in [0.2, 0.25) is 5.91 Å². The number of Topliss-reactive ketones (excluding diaryl/α,β-unsaturated/α-hetero) is 1. The third-order valence-corrected chi connectivity index (χ3v) is 7.62. The Hall–Kier alpha value is -5.44. The van der Waals surface area contributed by atoms with Crippen molar-refractivity contribution in [3.63, 3.8) is 0 Å². The first kappa shape index (κ1) is 32.9. The molecule has 3 N–H and O–H groups in total. The second-order valence-corrected chi connectivity index (χ2v) is 11.1. The molecule has 2 fully saturated rings. The molecule has 2 aliphatic rings. The smallest absolute Gasteiger partial charge is 0.414 e. The number of rotatable bonds is 12. The van der Waals surface area contributed by atoms with E-state index in [0.29, 0.717) is 54.8 Å². The number of ketones is 1. The number of furan rings is 1. The second kappa shape index (κ2) is 15.2. The SMILES string of the molecule is CC(=O)NC[C@H]1CN(c2ccc(N3CCN(CC(=O)Cc4ccc(NC(=O)OCc5ccc(/C=N\O)o5)cc4)CC3)c(F)c2)C(=O)O1. The summed E-state index contributed by atoms with van der Waals surface area (Å²) in [5.74, 6) is 0.0525. The van der Waals surface area contributed by atoms with Crippen LogP contribution in [-0.2, 0) is 32.1 Å². The number of oxime groups is 1. The number of nitrogens with one attached hydrogen (secondary N) is 2. The van der Waals surface area contributed by atoms with Gasteiger partial charge in [0.1, 0.15) is 29.7 Å². The highest BCUT2D eigenvalue weighted by Gasteiger charge is 2.33. The van der Waals surface area contributed by atoms with Crippen LogP contribution in [0.25, 0.3) is 0 Å². The molecule has 0 bridgehead atoms. The van der Waals surface area contributed by atoms with Crippen LogP contribution < -0.4 is 20.4 Å². The number of halogens is 1. The van der Waals surface area contributed by atoms with E-state index >= 15 is 4.39 Å². The van der Waals surface area contributed by atoms with Gasteiger partial charge in [-0.25, -0.2) is 14.0 Å². The molecule has 47 heavy (non-hydrogen) atoms. The Morgan fingerprint density at radius 3 is 2.55 bits per heavy atom. The maximum absolute atomic E-state index is 15.2. The molecule has 15 heteroatoms. The maximum atomic E-state index is 15.2. The maximum Gasteiger partial charge on any atom is 0.414 e. The molecule has 0 aliphatic carbocycles. The standard InChI is InChI=1S/C32H35FN6O8/c1-21(40)34-16-28-19-39(32(43)47-28)24-6-9-30(29(33)15-24)38-12-10-37(11-13-38)18-25(41)14-22-2-4-23(5-3-22)36-31(42)45-20-27-8-7-26(46-27)17-35-44/h2-9,15,17,28,44H,10-14,16,18-20H2,1H3,(H,34,40)(H,36,42)/b35-17-/t28-/m0/s1. The van der Waals surface area contributed by atoms with E-state index in [1.54, 1.807) is 48.5 Å². The van der Waals surface area contributed by atoms with Gasteiger partial charge in [-0.2, -0.15) is 0 Å². The lowest BCUT2D eigenvalue weighted by molar-refractivity contribution is -0.120. The van der Waals surface area contributed by atoms with E-state index in [9.17, 15) is 19.2 Å². The molecule has 5 rings (SSSR count). The monoisotopic (exact) mass is 650 g/mol. The number of piperazine rings is 1. The lowest BCUT2D eigenvalue weighted by atomic mass is 10.1. The van der Waals surface area contributed by atoms with E-state index in [-0.39, 0.29) is 44.4 Å². The molecule has 2 aromatic carbocycles. The Morgan fingerprint density at radius 2 is 1.85 bits per heavy atom. The topological polar surface area (TPSA) is 166 Å². The van der Waals surface area contributed by atoms with Crippen LogP contribution in [0.3, 0.4) is 0 Å². The second-order valence-electron chi connectivity index (χ2n) is 11.1. The summed E-state index contributed by atoms with van der Waals surface area (Å²) in [7, 11) is 0.